The van der Waals surface area contributed by atoms with E-state index < -0.39 is 0 Å². The summed E-state index contributed by atoms with van der Waals surface area (Å²) in [5.41, 5.74) is 3.55. The minimum Gasteiger partial charge on any atom is -0.465 e. The van der Waals surface area contributed by atoms with Gasteiger partial charge in [0.05, 0.1) is 32.4 Å². The number of methoxy groups -OCH3 is 2. The molecule has 0 unspecified atom stereocenters. The van der Waals surface area contributed by atoms with Gasteiger partial charge in [0.1, 0.15) is 0 Å². The summed E-state index contributed by atoms with van der Waals surface area (Å²) in [5, 5.41) is 0. The summed E-state index contributed by atoms with van der Waals surface area (Å²) in [7, 11) is 5.45. The summed E-state index contributed by atoms with van der Waals surface area (Å²) < 4.78 is 15.8. The molecule has 0 bridgehead atoms. The van der Waals surface area contributed by atoms with Gasteiger partial charge in [0, 0.05) is 63.2 Å². The Morgan fingerprint density at radius 1 is 1.14 bits per heavy atom. The standard InChI is InChI=1S/C29H45N3O4/c1-6-32(26-12-10-25(11-13-26)30(3)14-8-18-34-4)28-22-24(21-27(23(28)2)29(33)35-5)9-7-15-31-16-19-36-20-17-31/h21-22,25-26H,6,8,10-20H2,1-5H3. The van der Waals surface area contributed by atoms with Crippen LogP contribution in [0.1, 0.15) is 60.5 Å². The lowest BCUT2D eigenvalue weighted by Crippen LogP contribution is -2.43. The maximum absolute atomic E-state index is 12.6. The minimum absolute atomic E-state index is 0.303. The largest absolute Gasteiger partial charge is 0.465 e. The number of ether oxygens (including phenoxy) is 3. The van der Waals surface area contributed by atoms with Crippen LogP contribution in [0.15, 0.2) is 12.1 Å². The van der Waals surface area contributed by atoms with Crippen LogP contribution < -0.4 is 4.90 Å². The van der Waals surface area contributed by atoms with Crippen LogP contribution in [0.2, 0.25) is 0 Å². The molecule has 2 aliphatic rings. The summed E-state index contributed by atoms with van der Waals surface area (Å²) in [6.07, 6.45) is 5.74. The van der Waals surface area contributed by atoms with Crippen LogP contribution in [0, 0.1) is 18.8 Å². The second-order valence-corrected chi connectivity index (χ2v) is 9.93. The maximum atomic E-state index is 12.6. The van der Waals surface area contributed by atoms with Crippen LogP contribution in [0.3, 0.4) is 0 Å². The van der Waals surface area contributed by atoms with E-state index in [4.69, 9.17) is 14.2 Å². The third-order valence-corrected chi connectivity index (χ3v) is 7.66. The summed E-state index contributed by atoms with van der Waals surface area (Å²) >= 11 is 0. The third-order valence-electron chi connectivity index (χ3n) is 7.66. The van der Waals surface area contributed by atoms with Crippen molar-refractivity contribution in [2.45, 2.75) is 58.0 Å². The molecule has 200 valence electrons. The normalized spacial score (nSPS) is 20.6. The van der Waals surface area contributed by atoms with Crippen molar-refractivity contribution in [3.8, 4) is 11.8 Å². The quantitative estimate of drug-likeness (QED) is 0.277. The van der Waals surface area contributed by atoms with E-state index in [-0.39, 0.29) is 5.97 Å². The fourth-order valence-electron chi connectivity index (χ4n) is 5.48. The lowest BCUT2D eigenvalue weighted by atomic mass is 9.88. The molecular weight excluding hydrogens is 454 g/mol. The van der Waals surface area contributed by atoms with Gasteiger partial charge in [0.25, 0.3) is 0 Å². The smallest absolute Gasteiger partial charge is 0.338 e. The first-order valence-corrected chi connectivity index (χ1v) is 13.5. The topological polar surface area (TPSA) is 54.5 Å². The van der Waals surface area contributed by atoms with Gasteiger partial charge >= 0.3 is 5.97 Å². The van der Waals surface area contributed by atoms with E-state index in [2.05, 4.69) is 46.6 Å². The lowest BCUT2D eigenvalue weighted by molar-refractivity contribution is 0.0443. The molecule has 7 heteroatoms. The Kier molecular flexibility index (Phi) is 11.5. The van der Waals surface area contributed by atoms with Crippen LogP contribution in [0.5, 0.6) is 0 Å². The molecule has 1 saturated carbocycles. The second kappa shape index (κ2) is 14.6. The monoisotopic (exact) mass is 499 g/mol. The summed E-state index contributed by atoms with van der Waals surface area (Å²) in [4.78, 5) is 19.9. The van der Waals surface area contributed by atoms with Gasteiger partial charge in [-0.1, -0.05) is 11.8 Å². The Morgan fingerprint density at radius 3 is 2.47 bits per heavy atom. The highest BCUT2D eigenvalue weighted by atomic mass is 16.5. The number of carbonyl (C=O) groups is 1. The number of hydrogen-bond donors (Lipinski definition) is 0. The van der Waals surface area contributed by atoms with Crippen LogP contribution in [0.4, 0.5) is 5.69 Å². The Hall–Kier alpha value is -2.11. The van der Waals surface area contributed by atoms with Crippen molar-refractivity contribution < 1.29 is 19.0 Å². The zero-order chi connectivity index (χ0) is 25.9. The Balaban J connectivity index is 1.76. The Morgan fingerprint density at radius 2 is 1.83 bits per heavy atom. The summed E-state index contributed by atoms with van der Waals surface area (Å²) in [5.74, 6) is 6.33. The third kappa shape index (κ3) is 7.69. The van der Waals surface area contributed by atoms with Crippen molar-refractivity contribution >= 4 is 11.7 Å². The Labute approximate surface area is 218 Å². The van der Waals surface area contributed by atoms with Gasteiger partial charge in [-0.25, -0.2) is 4.79 Å². The molecule has 2 fully saturated rings. The average Bonchev–Trinajstić information content (AvgIpc) is 2.91. The second-order valence-electron chi connectivity index (χ2n) is 9.93. The van der Waals surface area contributed by atoms with E-state index >= 15 is 0 Å². The molecule has 1 aliphatic heterocycles. The van der Waals surface area contributed by atoms with Crippen molar-refractivity contribution in [3.63, 3.8) is 0 Å². The number of carbonyl (C=O) groups excluding carboxylic acids is 1. The maximum Gasteiger partial charge on any atom is 0.338 e. The van der Waals surface area contributed by atoms with E-state index in [1.807, 2.05) is 13.0 Å². The molecule has 36 heavy (non-hydrogen) atoms. The van der Waals surface area contributed by atoms with Crippen LogP contribution in [-0.4, -0.2) is 102 Å². The van der Waals surface area contributed by atoms with Gasteiger partial charge in [0.15, 0.2) is 0 Å². The van der Waals surface area contributed by atoms with Gasteiger partial charge in [-0.2, -0.15) is 0 Å². The summed E-state index contributed by atoms with van der Waals surface area (Å²) in [6, 6.07) is 5.14. The fourth-order valence-corrected chi connectivity index (χ4v) is 5.48. The van der Waals surface area contributed by atoms with E-state index in [1.165, 1.54) is 20.0 Å². The van der Waals surface area contributed by atoms with E-state index in [0.29, 0.717) is 24.2 Å². The van der Waals surface area contributed by atoms with E-state index in [1.54, 1.807) is 7.11 Å². The van der Waals surface area contributed by atoms with Gasteiger partial charge in [-0.05, 0) is 70.7 Å². The molecule has 1 aromatic rings. The number of hydrogen-bond acceptors (Lipinski definition) is 7. The minimum atomic E-state index is -0.303. The fraction of sp³-hybridized carbons (Fsp3) is 0.690. The molecule has 0 aromatic heterocycles. The van der Waals surface area contributed by atoms with Crippen molar-refractivity contribution in [1.29, 1.82) is 0 Å². The number of morpholine rings is 1. The molecule has 1 aromatic carbocycles. The molecule has 1 aliphatic carbocycles. The van der Waals surface area contributed by atoms with Crippen LogP contribution in [-0.2, 0) is 14.2 Å². The molecule has 0 radical (unpaired) electrons. The van der Waals surface area contributed by atoms with Crippen molar-refractivity contribution in [2.75, 3.05) is 78.7 Å². The molecular formula is C29H45N3O4. The van der Waals surface area contributed by atoms with E-state index in [0.717, 1.165) is 82.1 Å². The van der Waals surface area contributed by atoms with Crippen molar-refractivity contribution in [2.24, 2.45) is 0 Å². The number of benzene rings is 1. The molecule has 0 N–H and O–H groups in total. The van der Waals surface area contributed by atoms with Crippen molar-refractivity contribution in [3.05, 3.63) is 28.8 Å². The molecule has 3 rings (SSSR count). The molecule has 1 saturated heterocycles. The number of nitrogens with zero attached hydrogens (tertiary/aromatic N) is 3. The van der Waals surface area contributed by atoms with Crippen LogP contribution >= 0.6 is 0 Å². The zero-order valence-electron chi connectivity index (χ0n) is 23.0. The van der Waals surface area contributed by atoms with E-state index in [9.17, 15) is 4.79 Å². The van der Waals surface area contributed by atoms with Crippen molar-refractivity contribution in [1.82, 2.24) is 9.80 Å². The first kappa shape index (κ1) is 28.5. The van der Waals surface area contributed by atoms with Gasteiger partial charge < -0.3 is 24.0 Å². The highest BCUT2D eigenvalue weighted by Gasteiger charge is 2.29. The molecule has 0 spiro atoms. The van der Waals surface area contributed by atoms with Gasteiger partial charge in [-0.3, -0.25) is 4.90 Å². The molecule has 1 heterocycles. The predicted octanol–water partition coefficient (Wildman–Crippen LogP) is 3.57. The first-order valence-electron chi connectivity index (χ1n) is 13.5. The van der Waals surface area contributed by atoms with Crippen LogP contribution in [0.25, 0.3) is 0 Å². The summed E-state index contributed by atoms with van der Waals surface area (Å²) in [6.45, 7) is 11.1. The SMILES string of the molecule is CCN(c1cc(C#CCN2CCOCC2)cc(C(=O)OC)c1C)C1CCC(N(C)CCCOC)CC1. The highest BCUT2D eigenvalue weighted by molar-refractivity contribution is 5.93. The number of anilines is 1. The predicted molar refractivity (Wildman–Crippen MR) is 145 cm³/mol. The number of rotatable bonds is 10. The van der Waals surface area contributed by atoms with Gasteiger partial charge in [0.2, 0.25) is 0 Å². The molecule has 0 atom stereocenters. The lowest BCUT2D eigenvalue weighted by Gasteiger charge is -2.41. The zero-order valence-corrected chi connectivity index (χ0v) is 23.0. The first-order chi connectivity index (χ1) is 17.5. The average molecular weight is 500 g/mol. The van der Waals surface area contributed by atoms with Gasteiger partial charge in [-0.15, -0.1) is 0 Å². The highest BCUT2D eigenvalue weighted by Crippen LogP contribution is 2.33. The molecule has 0 amide bonds. The Bertz CT molecular complexity index is 896. The molecule has 7 nitrogen and oxygen atoms in total. The number of esters is 1.